The quantitative estimate of drug-likeness (QED) is 0.291. The fourth-order valence-electron chi connectivity index (χ4n) is 4.20. The SMILES string of the molecule is CCOc1ccc(C2/C(=C(/O)c3cccc(OCC)c3)C(=O)C(=O)N2c2ccccc2C)cc1. The lowest BCUT2D eigenvalue weighted by Crippen LogP contribution is -2.30. The number of nitrogens with zero attached hydrogens (tertiary/aromatic N) is 1. The van der Waals surface area contributed by atoms with E-state index in [4.69, 9.17) is 9.47 Å². The molecular formula is C28H27NO5. The Hall–Kier alpha value is -4.06. The fourth-order valence-corrected chi connectivity index (χ4v) is 4.20. The number of rotatable bonds is 7. The number of hydrogen-bond donors (Lipinski definition) is 1. The van der Waals surface area contributed by atoms with E-state index in [1.54, 1.807) is 42.5 Å². The van der Waals surface area contributed by atoms with Crippen molar-refractivity contribution in [3.63, 3.8) is 0 Å². The molecule has 6 nitrogen and oxygen atoms in total. The Kier molecular flexibility index (Phi) is 6.68. The van der Waals surface area contributed by atoms with Crippen molar-refractivity contribution >= 4 is 23.1 Å². The van der Waals surface area contributed by atoms with Crippen LogP contribution in [0.4, 0.5) is 5.69 Å². The summed E-state index contributed by atoms with van der Waals surface area (Å²) in [6.45, 7) is 6.64. The molecule has 34 heavy (non-hydrogen) atoms. The minimum absolute atomic E-state index is 0.0334. The number of aliphatic hydroxyl groups is 1. The van der Waals surface area contributed by atoms with Crippen LogP contribution in [0.15, 0.2) is 78.4 Å². The van der Waals surface area contributed by atoms with Crippen LogP contribution in [0, 0.1) is 6.92 Å². The summed E-state index contributed by atoms with van der Waals surface area (Å²) in [4.78, 5) is 28.1. The first kappa shape index (κ1) is 23.1. The Morgan fingerprint density at radius 2 is 1.56 bits per heavy atom. The molecule has 1 amide bonds. The van der Waals surface area contributed by atoms with Crippen LogP contribution in [0.3, 0.4) is 0 Å². The maximum atomic E-state index is 13.3. The lowest BCUT2D eigenvalue weighted by Gasteiger charge is -2.27. The zero-order valence-electron chi connectivity index (χ0n) is 19.4. The second-order valence-electron chi connectivity index (χ2n) is 7.92. The second kappa shape index (κ2) is 9.83. The van der Waals surface area contributed by atoms with Gasteiger partial charge in [0, 0.05) is 11.3 Å². The summed E-state index contributed by atoms with van der Waals surface area (Å²) in [7, 11) is 0. The number of anilines is 1. The monoisotopic (exact) mass is 457 g/mol. The molecule has 174 valence electrons. The van der Waals surface area contributed by atoms with Gasteiger partial charge in [-0.3, -0.25) is 14.5 Å². The van der Waals surface area contributed by atoms with E-state index in [2.05, 4.69) is 0 Å². The second-order valence-corrected chi connectivity index (χ2v) is 7.92. The van der Waals surface area contributed by atoms with Gasteiger partial charge in [-0.25, -0.2) is 0 Å². The summed E-state index contributed by atoms with van der Waals surface area (Å²) in [5.74, 6) is -0.409. The molecular weight excluding hydrogens is 430 g/mol. The van der Waals surface area contributed by atoms with Crippen molar-refractivity contribution < 1.29 is 24.2 Å². The molecule has 1 atom stereocenters. The summed E-state index contributed by atoms with van der Waals surface area (Å²) < 4.78 is 11.1. The third-order valence-electron chi connectivity index (χ3n) is 5.74. The normalized spacial score (nSPS) is 17.1. The van der Waals surface area contributed by atoms with Crippen LogP contribution < -0.4 is 14.4 Å². The van der Waals surface area contributed by atoms with Crippen molar-refractivity contribution in [2.45, 2.75) is 26.8 Å². The Balaban J connectivity index is 1.91. The predicted octanol–water partition coefficient (Wildman–Crippen LogP) is 5.42. The van der Waals surface area contributed by atoms with Gasteiger partial charge in [0.2, 0.25) is 0 Å². The van der Waals surface area contributed by atoms with E-state index < -0.39 is 17.7 Å². The zero-order valence-corrected chi connectivity index (χ0v) is 19.4. The van der Waals surface area contributed by atoms with E-state index in [9.17, 15) is 14.7 Å². The molecule has 1 heterocycles. The highest BCUT2D eigenvalue weighted by atomic mass is 16.5. The van der Waals surface area contributed by atoms with E-state index in [1.807, 2.05) is 51.1 Å². The molecule has 1 saturated heterocycles. The van der Waals surface area contributed by atoms with E-state index in [1.165, 1.54) is 4.90 Å². The number of benzene rings is 3. The molecule has 0 bridgehead atoms. The van der Waals surface area contributed by atoms with E-state index in [0.29, 0.717) is 41.5 Å². The number of ketones is 1. The zero-order chi connectivity index (χ0) is 24.2. The average molecular weight is 458 g/mol. The number of amides is 1. The van der Waals surface area contributed by atoms with Gasteiger partial charge in [0.25, 0.3) is 11.7 Å². The smallest absolute Gasteiger partial charge is 0.300 e. The van der Waals surface area contributed by atoms with E-state index in [0.717, 1.165) is 5.56 Å². The molecule has 0 aromatic heterocycles. The number of ether oxygens (including phenoxy) is 2. The number of Topliss-reactive ketones (excluding diaryl/α,β-unsaturated/α-hetero) is 1. The van der Waals surface area contributed by atoms with Gasteiger partial charge in [-0.05, 0) is 62.2 Å². The van der Waals surface area contributed by atoms with Crippen molar-refractivity contribution in [2.75, 3.05) is 18.1 Å². The molecule has 1 aliphatic heterocycles. The maximum Gasteiger partial charge on any atom is 0.300 e. The maximum absolute atomic E-state index is 13.3. The van der Waals surface area contributed by atoms with E-state index >= 15 is 0 Å². The van der Waals surface area contributed by atoms with Gasteiger partial charge in [0.05, 0.1) is 24.8 Å². The molecule has 4 rings (SSSR count). The number of para-hydroxylation sites is 1. The predicted molar refractivity (Wildman–Crippen MR) is 131 cm³/mol. The van der Waals surface area contributed by atoms with Crippen molar-refractivity contribution in [2.24, 2.45) is 0 Å². The van der Waals surface area contributed by atoms with Crippen LogP contribution in [0.25, 0.3) is 5.76 Å². The van der Waals surface area contributed by atoms with Gasteiger partial charge >= 0.3 is 0 Å². The first-order chi connectivity index (χ1) is 16.5. The molecule has 0 saturated carbocycles. The van der Waals surface area contributed by atoms with Crippen LogP contribution in [0.5, 0.6) is 11.5 Å². The molecule has 3 aromatic rings. The standard InChI is InChI=1S/C28H27NO5/c1-4-33-21-15-13-19(14-16-21)25-24(26(30)20-10-8-11-22(17-20)34-5-2)27(31)28(32)29(25)23-12-7-6-9-18(23)3/h6-17,25,30H,4-5H2,1-3H3/b26-24-. The van der Waals surface area contributed by atoms with Gasteiger partial charge in [-0.1, -0.05) is 42.5 Å². The third kappa shape index (κ3) is 4.27. The van der Waals surface area contributed by atoms with E-state index in [-0.39, 0.29) is 11.3 Å². The van der Waals surface area contributed by atoms with Crippen LogP contribution >= 0.6 is 0 Å². The third-order valence-corrected chi connectivity index (χ3v) is 5.74. The topological polar surface area (TPSA) is 76.1 Å². The fraction of sp³-hybridized carbons (Fsp3) is 0.214. The molecule has 3 aromatic carbocycles. The highest BCUT2D eigenvalue weighted by Crippen LogP contribution is 2.43. The minimum atomic E-state index is -0.799. The number of carbonyl (C=O) groups excluding carboxylic acids is 2. The number of aliphatic hydroxyl groups excluding tert-OH is 1. The average Bonchev–Trinajstić information content (AvgIpc) is 3.10. The van der Waals surface area contributed by atoms with Crippen molar-refractivity contribution in [3.8, 4) is 11.5 Å². The largest absolute Gasteiger partial charge is 0.507 e. The summed E-state index contributed by atoms with van der Waals surface area (Å²) in [5.41, 5.74) is 2.59. The Bertz CT molecular complexity index is 1250. The molecule has 1 unspecified atom stereocenters. The van der Waals surface area contributed by atoms with Gasteiger partial charge in [0.1, 0.15) is 17.3 Å². The summed E-state index contributed by atoms with van der Waals surface area (Å²) in [6, 6.07) is 20.7. The molecule has 1 N–H and O–H groups in total. The van der Waals surface area contributed by atoms with Gasteiger partial charge < -0.3 is 14.6 Å². The molecule has 1 fully saturated rings. The number of aryl methyl sites for hydroxylation is 1. The first-order valence-corrected chi connectivity index (χ1v) is 11.3. The van der Waals surface area contributed by atoms with Crippen molar-refractivity contribution in [1.82, 2.24) is 0 Å². The van der Waals surface area contributed by atoms with Gasteiger partial charge in [-0.2, -0.15) is 0 Å². The molecule has 0 radical (unpaired) electrons. The van der Waals surface area contributed by atoms with Crippen LogP contribution in [-0.2, 0) is 9.59 Å². The summed E-state index contributed by atoms with van der Waals surface area (Å²) >= 11 is 0. The minimum Gasteiger partial charge on any atom is -0.507 e. The summed E-state index contributed by atoms with van der Waals surface area (Å²) in [5, 5.41) is 11.3. The number of hydrogen-bond acceptors (Lipinski definition) is 5. The summed E-state index contributed by atoms with van der Waals surface area (Å²) in [6.07, 6.45) is 0. The Morgan fingerprint density at radius 1 is 0.882 bits per heavy atom. The molecule has 0 aliphatic carbocycles. The highest BCUT2D eigenvalue weighted by Gasteiger charge is 2.47. The lowest BCUT2D eigenvalue weighted by molar-refractivity contribution is -0.132. The Labute approximate surface area is 199 Å². The highest BCUT2D eigenvalue weighted by molar-refractivity contribution is 6.51. The lowest BCUT2D eigenvalue weighted by atomic mass is 9.94. The Morgan fingerprint density at radius 3 is 2.24 bits per heavy atom. The number of carbonyl (C=O) groups is 2. The molecule has 1 aliphatic rings. The van der Waals surface area contributed by atoms with Crippen molar-refractivity contribution in [3.05, 3.63) is 95.1 Å². The molecule has 0 spiro atoms. The van der Waals surface area contributed by atoms with Gasteiger partial charge in [-0.15, -0.1) is 0 Å². The van der Waals surface area contributed by atoms with Gasteiger partial charge in [0.15, 0.2) is 0 Å². The van der Waals surface area contributed by atoms with Crippen LogP contribution in [-0.4, -0.2) is 30.0 Å². The van der Waals surface area contributed by atoms with Crippen LogP contribution in [0.2, 0.25) is 0 Å². The van der Waals surface area contributed by atoms with Crippen molar-refractivity contribution in [1.29, 1.82) is 0 Å². The molecule has 6 heteroatoms. The first-order valence-electron chi connectivity index (χ1n) is 11.3. The van der Waals surface area contributed by atoms with Crippen LogP contribution in [0.1, 0.15) is 36.6 Å².